The number of nitrogens with zero attached hydrogens (tertiary/aromatic N) is 5. The minimum atomic E-state index is -0.701. The number of hydrogen-bond acceptors (Lipinski definition) is 8. The molecule has 13 heteroatoms. The fraction of sp³-hybridized carbons (Fsp3) is 0.324. The summed E-state index contributed by atoms with van der Waals surface area (Å²) in [6, 6.07) is 13.5. The van der Waals surface area contributed by atoms with Crippen molar-refractivity contribution in [1.82, 2.24) is 35.0 Å². The number of fused-ring (bicyclic) bond motifs is 2. The Bertz CT molecular complexity index is 2100. The van der Waals surface area contributed by atoms with Crippen LogP contribution in [0.2, 0.25) is 0 Å². The van der Waals surface area contributed by atoms with E-state index in [4.69, 9.17) is 4.98 Å². The van der Waals surface area contributed by atoms with Crippen molar-refractivity contribution < 1.29 is 24.0 Å². The quantitative estimate of drug-likeness (QED) is 0.199. The molecule has 2 aliphatic heterocycles. The van der Waals surface area contributed by atoms with Crippen LogP contribution in [0.5, 0.6) is 0 Å². The highest BCUT2D eigenvalue weighted by Gasteiger charge is 2.39. The molecular formula is C37H36N8O5. The Morgan fingerprint density at radius 2 is 1.82 bits per heavy atom. The minimum absolute atomic E-state index is 0.0670. The number of piperidine rings is 1. The van der Waals surface area contributed by atoms with Crippen LogP contribution in [-0.4, -0.2) is 80.6 Å². The monoisotopic (exact) mass is 672 g/mol. The summed E-state index contributed by atoms with van der Waals surface area (Å²) in [7, 11) is 3.49. The molecule has 5 amide bonds. The third-order valence-electron chi connectivity index (χ3n) is 9.44. The molecule has 1 saturated carbocycles. The zero-order valence-electron chi connectivity index (χ0n) is 27.8. The molecule has 4 aromatic rings. The number of amides is 5. The number of hydrogen-bond donors (Lipinski definition) is 3. The van der Waals surface area contributed by atoms with E-state index in [1.54, 1.807) is 67.7 Å². The molecule has 4 heterocycles. The molecule has 1 saturated heterocycles. The number of benzene rings is 2. The number of aromatic nitrogens is 3. The van der Waals surface area contributed by atoms with Gasteiger partial charge in [-0.1, -0.05) is 30.7 Å². The fourth-order valence-electron chi connectivity index (χ4n) is 6.90. The van der Waals surface area contributed by atoms with Crippen LogP contribution >= 0.6 is 0 Å². The summed E-state index contributed by atoms with van der Waals surface area (Å²) in [6.45, 7) is 0.307. The van der Waals surface area contributed by atoms with E-state index >= 15 is 0 Å². The Hall–Kier alpha value is -6.03. The largest absolute Gasteiger partial charge is 0.343 e. The number of anilines is 2. The third kappa shape index (κ3) is 6.27. The Morgan fingerprint density at radius 1 is 1.04 bits per heavy atom. The Balaban J connectivity index is 0.988. The van der Waals surface area contributed by atoms with Gasteiger partial charge < -0.3 is 25.0 Å². The number of imide groups is 1. The molecule has 254 valence electrons. The molecule has 2 fully saturated rings. The molecule has 1 atom stereocenters. The number of carbonyl (C=O) groups is 5. The first-order chi connectivity index (χ1) is 24.2. The second kappa shape index (κ2) is 13.5. The van der Waals surface area contributed by atoms with Crippen molar-refractivity contribution in [3.8, 4) is 11.8 Å². The van der Waals surface area contributed by atoms with Gasteiger partial charge in [0.2, 0.25) is 17.8 Å². The van der Waals surface area contributed by atoms with Crippen molar-refractivity contribution >= 4 is 52.2 Å². The molecule has 2 aromatic carbocycles. The average molecular weight is 673 g/mol. The first-order valence-electron chi connectivity index (χ1n) is 16.7. The molecule has 13 nitrogen and oxygen atoms in total. The lowest BCUT2D eigenvalue weighted by Gasteiger charge is -2.29. The molecular weight excluding hydrogens is 636 g/mol. The summed E-state index contributed by atoms with van der Waals surface area (Å²) >= 11 is 0. The molecule has 0 radical (unpaired) electrons. The Labute approximate surface area is 288 Å². The van der Waals surface area contributed by atoms with Crippen molar-refractivity contribution in [2.24, 2.45) is 0 Å². The summed E-state index contributed by atoms with van der Waals surface area (Å²) in [5, 5.41) is 9.14. The van der Waals surface area contributed by atoms with Gasteiger partial charge in [-0.3, -0.25) is 29.3 Å². The summed E-state index contributed by atoms with van der Waals surface area (Å²) in [5.74, 6) is 4.98. The van der Waals surface area contributed by atoms with Crippen LogP contribution < -0.4 is 16.0 Å². The van der Waals surface area contributed by atoms with Gasteiger partial charge >= 0.3 is 0 Å². The van der Waals surface area contributed by atoms with E-state index in [0.29, 0.717) is 34.0 Å². The Kier molecular flexibility index (Phi) is 8.76. The first kappa shape index (κ1) is 32.5. The molecule has 0 spiro atoms. The van der Waals surface area contributed by atoms with E-state index in [1.807, 2.05) is 6.07 Å². The summed E-state index contributed by atoms with van der Waals surface area (Å²) in [6.07, 6.45) is 6.43. The molecule has 7 rings (SSSR count). The van der Waals surface area contributed by atoms with Crippen LogP contribution in [0, 0.1) is 11.8 Å². The van der Waals surface area contributed by atoms with Crippen molar-refractivity contribution in [3.63, 3.8) is 0 Å². The van der Waals surface area contributed by atoms with Gasteiger partial charge in [-0.15, -0.1) is 0 Å². The maximum Gasteiger partial charge on any atom is 0.270 e. The number of nitrogens with one attached hydrogen (secondary N) is 3. The maximum atomic E-state index is 13.1. The zero-order chi connectivity index (χ0) is 34.9. The normalized spacial score (nSPS) is 17.3. The second-order valence-electron chi connectivity index (χ2n) is 12.9. The lowest BCUT2D eigenvalue weighted by Crippen LogP contribution is -2.52. The van der Waals surface area contributed by atoms with E-state index in [-0.39, 0.29) is 55.6 Å². The van der Waals surface area contributed by atoms with E-state index in [0.717, 1.165) is 42.3 Å². The summed E-state index contributed by atoms with van der Waals surface area (Å²) in [4.78, 5) is 75.2. The lowest BCUT2D eigenvalue weighted by atomic mass is 10.0. The molecule has 3 N–H and O–H groups in total. The van der Waals surface area contributed by atoms with Crippen LogP contribution in [0.4, 0.5) is 11.6 Å². The Morgan fingerprint density at radius 3 is 2.56 bits per heavy atom. The van der Waals surface area contributed by atoms with E-state index in [9.17, 15) is 24.0 Å². The highest BCUT2D eigenvalue weighted by molar-refractivity contribution is 6.05. The van der Waals surface area contributed by atoms with Gasteiger partial charge in [-0.2, -0.15) is 4.98 Å². The second-order valence-corrected chi connectivity index (χ2v) is 12.9. The molecule has 2 aromatic heterocycles. The number of rotatable bonds is 7. The van der Waals surface area contributed by atoms with Gasteiger partial charge in [-0.25, -0.2) is 4.98 Å². The van der Waals surface area contributed by atoms with Crippen LogP contribution in [0.15, 0.2) is 54.7 Å². The predicted octanol–water partition coefficient (Wildman–Crippen LogP) is 3.53. The lowest BCUT2D eigenvalue weighted by molar-refractivity contribution is -0.136. The van der Waals surface area contributed by atoms with Crippen molar-refractivity contribution in [1.29, 1.82) is 0 Å². The molecule has 1 aliphatic carbocycles. The van der Waals surface area contributed by atoms with Crippen molar-refractivity contribution in [2.75, 3.05) is 26.0 Å². The van der Waals surface area contributed by atoms with E-state index < -0.39 is 11.9 Å². The zero-order valence-corrected chi connectivity index (χ0v) is 27.8. The molecule has 0 bridgehead atoms. The van der Waals surface area contributed by atoms with Gasteiger partial charge in [-0.05, 0) is 67.3 Å². The van der Waals surface area contributed by atoms with Crippen LogP contribution in [-0.2, 0) is 16.1 Å². The SMILES string of the molecule is CN(C)C(=O)c1cc2cnc(Nc3ccc(C(=O)NCC#Cc4cccc5c4CN(C4CCC(=O)NC4=O)C5=O)cc3)nc2n1C1CCCC1. The molecule has 1 unspecified atom stereocenters. The topological polar surface area (TPSA) is 159 Å². The predicted molar refractivity (Wildman–Crippen MR) is 184 cm³/mol. The highest BCUT2D eigenvalue weighted by Crippen LogP contribution is 2.35. The standard InChI is InChI=1S/C37H36N8O5/c1-43(2)36(50)30-19-24-20-39-37(42-32(24)45(30)26-9-3-4-10-26)40-25-14-12-23(13-15-25)33(47)38-18-6-8-22-7-5-11-27-28(22)21-44(35(27)49)29-16-17-31(46)41-34(29)48/h5,7,11-15,19-20,26,29H,3-4,9-10,16-18,21H2,1-2H3,(H,38,47)(H,39,40,42)(H,41,46,48). The fourth-order valence-corrected chi connectivity index (χ4v) is 6.90. The van der Waals surface area contributed by atoms with Crippen LogP contribution in [0.1, 0.15) is 86.9 Å². The van der Waals surface area contributed by atoms with Gasteiger partial charge in [0.1, 0.15) is 17.4 Å². The van der Waals surface area contributed by atoms with Crippen molar-refractivity contribution in [2.45, 2.75) is 57.2 Å². The van der Waals surface area contributed by atoms with E-state index in [2.05, 4.69) is 37.3 Å². The maximum absolute atomic E-state index is 13.1. The summed E-state index contributed by atoms with van der Waals surface area (Å²) in [5.41, 5.74) is 4.33. The highest BCUT2D eigenvalue weighted by atomic mass is 16.2. The van der Waals surface area contributed by atoms with Gasteiger partial charge in [0, 0.05) is 67.1 Å². The van der Waals surface area contributed by atoms with Crippen LogP contribution in [0.3, 0.4) is 0 Å². The van der Waals surface area contributed by atoms with Gasteiger partial charge in [0.15, 0.2) is 0 Å². The first-order valence-corrected chi connectivity index (χ1v) is 16.7. The van der Waals surface area contributed by atoms with Crippen LogP contribution in [0.25, 0.3) is 11.0 Å². The molecule has 3 aliphatic rings. The van der Waals surface area contributed by atoms with E-state index in [1.165, 1.54) is 4.90 Å². The third-order valence-corrected chi connectivity index (χ3v) is 9.44. The van der Waals surface area contributed by atoms with Crippen molar-refractivity contribution in [3.05, 3.63) is 82.7 Å². The summed E-state index contributed by atoms with van der Waals surface area (Å²) < 4.78 is 2.06. The minimum Gasteiger partial charge on any atom is -0.343 e. The molecule has 50 heavy (non-hydrogen) atoms. The average Bonchev–Trinajstić information content (AvgIpc) is 3.85. The smallest absolute Gasteiger partial charge is 0.270 e. The van der Waals surface area contributed by atoms with Gasteiger partial charge in [0.05, 0.1) is 6.54 Å². The van der Waals surface area contributed by atoms with Gasteiger partial charge in [0.25, 0.3) is 17.7 Å². The number of carbonyl (C=O) groups excluding carboxylic acids is 5.